The summed E-state index contributed by atoms with van der Waals surface area (Å²) < 4.78 is 5.30. The third-order valence-corrected chi connectivity index (χ3v) is 5.29. The van der Waals surface area contributed by atoms with E-state index in [1.165, 1.54) is 0 Å². The Kier molecular flexibility index (Phi) is 4.97. The zero-order valence-electron chi connectivity index (χ0n) is 15.0. The van der Waals surface area contributed by atoms with Crippen molar-refractivity contribution in [3.05, 3.63) is 80.7 Å². The average molecular weight is 382 g/mol. The third kappa shape index (κ3) is 3.61. The molecular weight excluding hydrogens is 362 g/mol. The van der Waals surface area contributed by atoms with Gasteiger partial charge in [-0.05, 0) is 18.1 Å². The normalized spacial score (nSPS) is 14.0. The SMILES string of the molecule is COc1cccc(CN2CCc3c(nc(-c4ccccc4)[nH]c3=O)C2)c1Cl. The van der Waals surface area contributed by atoms with Crippen LogP contribution in [0.5, 0.6) is 5.75 Å². The molecule has 0 atom stereocenters. The quantitative estimate of drug-likeness (QED) is 0.749. The molecule has 0 fully saturated rings. The van der Waals surface area contributed by atoms with Gasteiger partial charge in [0.2, 0.25) is 0 Å². The Morgan fingerprint density at radius 2 is 2.00 bits per heavy atom. The molecule has 0 aliphatic carbocycles. The summed E-state index contributed by atoms with van der Waals surface area (Å²) in [6, 6.07) is 15.5. The third-order valence-electron chi connectivity index (χ3n) is 4.86. The van der Waals surface area contributed by atoms with E-state index in [1.807, 2.05) is 48.5 Å². The number of hydrogen-bond acceptors (Lipinski definition) is 4. The summed E-state index contributed by atoms with van der Waals surface area (Å²) >= 11 is 6.44. The minimum Gasteiger partial charge on any atom is -0.495 e. The molecule has 1 N–H and O–H groups in total. The molecule has 0 saturated carbocycles. The summed E-state index contributed by atoms with van der Waals surface area (Å²) in [4.78, 5) is 22.4. The van der Waals surface area contributed by atoms with Crippen LogP contribution in [0, 0.1) is 0 Å². The van der Waals surface area contributed by atoms with Crippen LogP contribution in [0.2, 0.25) is 5.02 Å². The highest BCUT2D eigenvalue weighted by Crippen LogP contribution is 2.29. The number of fused-ring (bicyclic) bond motifs is 1. The number of aromatic amines is 1. The van der Waals surface area contributed by atoms with Crippen LogP contribution in [-0.4, -0.2) is 28.5 Å². The Hall–Kier alpha value is -2.63. The molecule has 0 spiro atoms. The molecule has 1 aromatic heterocycles. The van der Waals surface area contributed by atoms with E-state index < -0.39 is 0 Å². The van der Waals surface area contributed by atoms with E-state index in [-0.39, 0.29) is 5.56 Å². The first-order chi connectivity index (χ1) is 13.2. The van der Waals surface area contributed by atoms with Crippen LogP contribution in [0.1, 0.15) is 16.8 Å². The lowest BCUT2D eigenvalue weighted by molar-refractivity contribution is 0.240. The van der Waals surface area contributed by atoms with Gasteiger partial charge in [-0.3, -0.25) is 9.69 Å². The minimum absolute atomic E-state index is 0.0436. The zero-order valence-corrected chi connectivity index (χ0v) is 15.8. The highest BCUT2D eigenvalue weighted by atomic mass is 35.5. The first kappa shape index (κ1) is 17.8. The summed E-state index contributed by atoms with van der Waals surface area (Å²) in [5.41, 5.74) is 3.49. The summed E-state index contributed by atoms with van der Waals surface area (Å²) in [7, 11) is 1.61. The second-order valence-corrected chi connectivity index (χ2v) is 6.98. The Morgan fingerprint density at radius 1 is 1.19 bits per heavy atom. The van der Waals surface area contributed by atoms with E-state index in [4.69, 9.17) is 21.3 Å². The highest BCUT2D eigenvalue weighted by Gasteiger charge is 2.22. The molecular formula is C21H20ClN3O2. The van der Waals surface area contributed by atoms with E-state index in [9.17, 15) is 4.79 Å². The second kappa shape index (κ2) is 7.55. The molecule has 2 heterocycles. The van der Waals surface area contributed by atoms with Crippen LogP contribution in [-0.2, 0) is 19.5 Å². The number of nitrogens with zero attached hydrogens (tertiary/aromatic N) is 2. The van der Waals surface area contributed by atoms with Crippen molar-refractivity contribution in [3.8, 4) is 17.1 Å². The maximum absolute atomic E-state index is 12.5. The summed E-state index contributed by atoms with van der Waals surface area (Å²) in [5.74, 6) is 1.29. The van der Waals surface area contributed by atoms with Gasteiger partial charge in [-0.25, -0.2) is 4.98 Å². The van der Waals surface area contributed by atoms with E-state index in [2.05, 4.69) is 9.88 Å². The highest BCUT2D eigenvalue weighted by molar-refractivity contribution is 6.32. The maximum Gasteiger partial charge on any atom is 0.254 e. The standard InChI is InChI=1S/C21H20ClN3O2/c1-27-18-9-5-8-15(19(18)22)12-25-11-10-16-17(13-25)23-20(24-21(16)26)14-6-3-2-4-7-14/h2-9H,10-13H2,1H3,(H,23,24,26). The number of benzene rings is 2. The topological polar surface area (TPSA) is 58.2 Å². The fourth-order valence-electron chi connectivity index (χ4n) is 3.44. The Labute approximate surface area is 162 Å². The lowest BCUT2D eigenvalue weighted by Crippen LogP contribution is -2.35. The van der Waals surface area contributed by atoms with Crippen molar-refractivity contribution < 1.29 is 4.74 Å². The van der Waals surface area contributed by atoms with Crippen LogP contribution < -0.4 is 10.3 Å². The molecule has 0 radical (unpaired) electrons. The lowest BCUT2D eigenvalue weighted by Gasteiger charge is -2.28. The predicted molar refractivity (Wildman–Crippen MR) is 106 cm³/mol. The van der Waals surface area contributed by atoms with Crippen LogP contribution in [0.3, 0.4) is 0 Å². The molecule has 138 valence electrons. The molecule has 3 aromatic rings. The van der Waals surface area contributed by atoms with Gasteiger partial charge in [-0.1, -0.05) is 54.1 Å². The molecule has 4 rings (SSSR count). The molecule has 0 unspecified atom stereocenters. The molecule has 0 bridgehead atoms. The number of ether oxygens (including phenoxy) is 1. The first-order valence-electron chi connectivity index (χ1n) is 8.87. The molecule has 27 heavy (non-hydrogen) atoms. The summed E-state index contributed by atoms with van der Waals surface area (Å²) in [6.45, 7) is 2.09. The number of rotatable bonds is 4. The zero-order chi connectivity index (χ0) is 18.8. The van der Waals surface area contributed by atoms with Crippen molar-refractivity contribution in [1.82, 2.24) is 14.9 Å². The van der Waals surface area contributed by atoms with Gasteiger partial charge in [0.15, 0.2) is 0 Å². The van der Waals surface area contributed by atoms with E-state index in [1.54, 1.807) is 7.11 Å². The van der Waals surface area contributed by atoms with Crippen molar-refractivity contribution in [2.24, 2.45) is 0 Å². The van der Waals surface area contributed by atoms with Crippen LogP contribution >= 0.6 is 11.6 Å². The van der Waals surface area contributed by atoms with Gasteiger partial charge in [-0.15, -0.1) is 0 Å². The van der Waals surface area contributed by atoms with Crippen molar-refractivity contribution in [2.45, 2.75) is 19.5 Å². The molecule has 0 amide bonds. The van der Waals surface area contributed by atoms with Gasteiger partial charge in [-0.2, -0.15) is 0 Å². The van der Waals surface area contributed by atoms with Crippen LogP contribution in [0.4, 0.5) is 0 Å². The van der Waals surface area contributed by atoms with Gasteiger partial charge < -0.3 is 9.72 Å². The van der Waals surface area contributed by atoms with E-state index in [0.717, 1.165) is 28.9 Å². The Morgan fingerprint density at radius 3 is 2.78 bits per heavy atom. The number of hydrogen-bond donors (Lipinski definition) is 1. The first-order valence-corrected chi connectivity index (χ1v) is 9.24. The second-order valence-electron chi connectivity index (χ2n) is 6.60. The van der Waals surface area contributed by atoms with Crippen LogP contribution in [0.15, 0.2) is 53.3 Å². The molecule has 5 nitrogen and oxygen atoms in total. The fourth-order valence-corrected chi connectivity index (χ4v) is 3.70. The largest absolute Gasteiger partial charge is 0.495 e. The monoisotopic (exact) mass is 381 g/mol. The Balaban J connectivity index is 1.61. The van der Waals surface area contributed by atoms with E-state index >= 15 is 0 Å². The number of halogens is 1. The molecule has 1 aliphatic heterocycles. The van der Waals surface area contributed by atoms with Crippen molar-refractivity contribution >= 4 is 11.6 Å². The predicted octanol–water partition coefficient (Wildman–Crippen LogP) is 3.66. The van der Waals surface area contributed by atoms with Gasteiger partial charge in [0, 0.05) is 30.8 Å². The lowest BCUT2D eigenvalue weighted by atomic mass is 10.0. The number of H-pyrrole nitrogens is 1. The van der Waals surface area contributed by atoms with Crippen molar-refractivity contribution in [2.75, 3.05) is 13.7 Å². The van der Waals surface area contributed by atoms with Gasteiger partial charge in [0.25, 0.3) is 5.56 Å². The van der Waals surface area contributed by atoms with Gasteiger partial charge in [0.1, 0.15) is 11.6 Å². The molecule has 0 saturated heterocycles. The maximum atomic E-state index is 12.5. The average Bonchev–Trinajstić information content (AvgIpc) is 2.70. The minimum atomic E-state index is -0.0436. The van der Waals surface area contributed by atoms with Crippen molar-refractivity contribution in [1.29, 1.82) is 0 Å². The molecule has 1 aliphatic rings. The number of nitrogens with one attached hydrogen (secondary N) is 1. The number of methoxy groups -OCH3 is 1. The Bertz CT molecular complexity index is 1020. The fraction of sp³-hybridized carbons (Fsp3) is 0.238. The van der Waals surface area contributed by atoms with Crippen LogP contribution in [0.25, 0.3) is 11.4 Å². The van der Waals surface area contributed by atoms with Gasteiger partial charge >= 0.3 is 0 Å². The van der Waals surface area contributed by atoms with Crippen molar-refractivity contribution in [3.63, 3.8) is 0 Å². The molecule has 6 heteroatoms. The smallest absolute Gasteiger partial charge is 0.254 e. The van der Waals surface area contributed by atoms with E-state index in [0.29, 0.717) is 36.1 Å². The van der Waals surface area contributed by atoms with Gasteiger partial charge in [0.05, 0.1) is 17.8 Å². The number of aromatic nitrogens is 2. The molecule has 2 aromatic carbocycles. The summed E-state index contributed by atoms with van der Waals surface area (Å²) in [5, 5.41) is 0.634. The summed E-state index contributed by atoms with van der Waals surface area (Å²) in [6.07, 6.45) is 0.675.